The highest BCUT2D eigenvalue weighted by atomic mass is 16.5. The average molecular weight is 257 g/mol. The largest absolute Gasteiger partial charge is 0.487 e. The Morgan fingerprint density at radius 1 is 1.47 bits per heavy atom. The highest BCUT2D eigenvalue weighted by molar-refractivity contribution is 5.44. The standard InChI is InChI=1S/C15H19N3O/c1-10-8-11(18(2)17-10)9-19-15-5-3-4-12-13(15)6-7-14(12)16/h3-5,8,14H,6-7,9,16H2,1-2H3. The quantitative estimate of drug-likeness (QED) is 0.917. The van der Waals surface area contributed by atoms with Gasteiger partial charge in [0.25, 0.3) is 0 Å². The van der Waals surface area contributed by atoms with Crippen molar-refractivity contribution < 1.29 is 4.74 Å². The smallest absolute Gasteiger partial charge is 0.130 e. The molecule has 1 aliphatic carbocycles. The summed E-state index contributed by atoms with van der Waals surface area (Å²) in [5.74, 6) is 0.962. The van der Waals surface area contributed by atoms with Crippen molar-refractivity contribution in [3.05, 3.63) is 46.8 Å². The summed E-state index contributed by atoms with van der Waals surface area (Å²) >= 11 is 0. The zero-order valence-electron chi connectivity index (χ0n) is 11.4. The Morgan fingerprint density at radius 2 is 2.32 bits per heavy atom. The Kier molecular flexibility index (Phi) is 3.03. The van der Waals surface area contributed by atoms with Gasteiger partial charge in [0.15, 0.2) is 0 Å². The summed E-state index contributed by atoms with van der Waals surface area (Å²) in [6, 6.07) is 8.37. The van der Waals surface area contributed by atoms with Gasteiger partial charge in [0.2, 0.25) is 0 Å². The third-order valence-electron chi connectivity index (χ3n) is 3.75. The fraction of sp³-hybridized carbons (Fsp3) is 0.400. The molecule has 1 aromatic heterocycles. The van der Waals surface area contributed by atoms with Crippen LogP contribution in [0.5, 0.6) is 5.75 Å². The third kappa shape index (κ3) is 2.24. The number of rotatable bonds is 3. The maximum Gasteiger partial charge on any atom is 0.130 e. The van der Waals surface area contributed by atoms with Gasteiger partial charge in [-0.25, -0.2) is 0 Å². The lowest BCUT2D eigenvalue weighted by Gasteiger charge is -2.11. The van der Waals surface area contributed by atoms with Crippen LogP contribution in [0.3, 0.4) is 0 Å². The molecule has 4 nitrogen and oxygen atoms in total. The monoisotopic (exact) mass is 257 g/mol. The van der Waals surface area contributed by atoms with E-state index in [0.717, 1.165) is 30.0 Å². The number of nitrogens with two attached hydrogens (primary N) is 1. The van der Waals surface area contributed by atoms with E-state index in [1.165, 1.54) is 11.1 Å². The fourth-order valence-electron chi connectivity index (χ4n) is 2.74. The van der Waals surface area contributed by atoms with Crippen molar-refractivity contribution in [2.24, 2.45) is 12.8 Å². The van der Waals surface area contributed by atoms with Gasteiger partial charge in [-0.2, -0.15) is 5.10 Å². The summed E-state index contributed by atoms with van der Waals surface area (Å²) in [4.78, 5) is 0. The minimum absolute atomic E-state index is 0.164. The molecule has 0 amide bonds. The molecule has 3 rings (SSSR count). The van der Waals surface area contributed by atoms with Crippen molar-refractivity contribution in [3.8, 4) is 5.75 Å². The SMILES string of the molecule is Cc1cc(COc2cccc3c2CCC3N)n(C)n1. The minimum Gasteiger partial charge on any atom is -0.487 e. The molecule has 0 radical (unpaired) electrons. The molecule has 1 aromatic carbocycles. The fourth-order valence-corrected chi connectivity index (χ4v) is 2.74. The predicted molar refractivity (Wildman–Crippen MR) is 74.0 cm³/mol. The molecule has 19 heavy (non-hydrogen) atoms. The Labute approximate surface area is 113 Å². The number of hydrogen-bond acceptors (Lipinski definition) is 3. The molecule has 2 N–H and O–H groups in total. The normalized spacial score (nSPS) is 17.5. The van der Waals surface area contributed by atoms with Crippen LogP contribution in [-0.4, -0.2) is 9.78 Å². The molecule has 4 heteroatoms. The van der Waals surface area contributed by atoms with E-state index in [2.05, 4.69) is 17.2 Å². The van der Waals surface area contributed by atoms with Crippen LogP contribution in [0.4, 0.5) is 0 Å². The lowest BCUT2D eigenvalue weighted by molar-refractivity contribution is 0.292. The third-order valence-corrected chi connectivity index (χ3v) is 3.75. The van der Waals surface area contributed by atoms with E-state index >= 15 is 0 Å². The van der Waals surface area contributed by atoms with Crippen molar-refractivity contribution in [3.63, 3.8) is 0 Å². The minimum atomic E-state index is 0.164. The first-order chi connectivity index (χ1) is 9.15. The molecule has 2 aromatic rings. The lowest BCUT2D eigenvalue weighted by atomic mass is 10.1. The van der Waals surface area contributed by atoms with Gasteiger partial charge in [0.1, 0.15) is 12.4 Å². The van der Waals surface area contributed by atoms with Crippen LogP contribution in [0.2, 0.25) is 0 Å². The second-order valence-corrected chi connectivity index (χ2v) is 5.16. The number of hydrogen-bond donors (Lipinski definition) is 1. The van der Waals surface area contributed by atoms with Gasteiger partial charge in [-0.15, -0.1) is 0 Å². The van der Waals surface area contributed by atoms with E-state index in [0.29, 0.717) is 6.61 Å². The van der Waals surface area contributed by atoms with Gasteiger partial charge >= 0.3 is 0 Å². The summed E-state index contributed by atoms with van der Waals surface area (Å²) in [6.45, 7) is 2.53. The maximum absolute atomic E-state index is 6.08. The summed E-state index contributed by atoms with van der Waals surface area (Å²) in [7, 11) is 1.94. The van der Waals surface area contributed by atoms with Crippen LogP contribution in [0, 0.1) is 6.92 Å². The van der Waals surface area contributed by atoms with E-state index in [4.69, 9.17) is 10.5 Å². The van der Waals surface area contributed by atoms with E-state index in [1.54, 1.807) is 0 Å². The highest BCUT2D eigenvalue weighted by Crippen LogP contribution is 2.35. The summed E-state index contributed by atoms with van der Waals surface area (Å²) < 4.78 is 7.83. The molecule has 100 valence electrons. The van der Waals surface area contributed by atoms with E-state index in [1.807, 2.05) is 30.8 Å². The first kappa shape index (κ1) is 12.2. The Bertz CT molecular complexity index is 603. The number of nitrogens with zero attached hydrogens (tertiary/aromatic N) is 2. The van der Waals surface area contributed by atoms with Gasteiger partial charge in [-0.3, -0.25) is 4.68 Å². The summed E-state index contributed by atoms with van der Waals surface area (Å²) in [6.07, 6.45) is 2.03. The molecule has 0 spiro atoms. The molecular formula is C15H19N3O. The summed E-state index contributed by atoms with van der Waals surface area (Å²) in [5.41, 5.74) is 10.7. The van der Waals surface area contributed by atoms with E-state index in [-0.39, 0.29) is 6.04 Å². The Balaban J connectivity index is 1.80. The van der Waals surface area contributed by atoms with Crippen LogP contribution in [0.1, 0.15) is 35.0 Å². The molecular weight excluding hydrogens is 238 g/mol. The van der Waals surface area contributed by atoms with Crippen molar-refractivity contribution in [2.45, 2.75) is 32.4 Å². The van der Waals surface area contributed by atoms with E-state index < -0.39 is 0 Å². The number of fused-ring (bicyclic) bond motifs is 1. The first-order valence-corrected chi connectivity index (χ1v) is 6.65. The van der Waals surface area contributed by atoms with Gasteiger partial charge in [-0.1, -0.05) is 12.1 Å². The van der Waals surface area contributed by atoms with Crippen LogP contribution in [-0.2, 0) is 20.1 Å². The summed E-state index contributed by atoms with van der Waals surface area (Å²) in [5, 5.41) is 4.32. The van der Waals surface area contributed by atoms with Crippen molar-refractivity contribution in [1.29, 1.82) is 0 Å². The predicted octanol–water partition coefficient (Wildman–Crippen LogP) is 2.25. The van der Waals surface area contributed by atoms with Crippen molar-refractivity contribution >= 4 is 0 Å². The van der Waals surface area contributed by atoms with Crippen LogP contribution >= 0.6 is 0 Å². The molecule has 1 heterocycles. The highest BCUT2D eigenvalue weighted by Gasteiger charge is 2.22. The van der Waals surface area contributed by atoms with Gasteiger partial charge < -0.3 is 10.5 Å². The zero-order chi connectivity index (χ0) is 13.4. The topological polar surface area (TPSA) is 53.1 Å². The molecule has 0 saturated carbocycles. The maximum atomic E-state index is 6.08. The van der Waals surface area contributed by atoms with Crippen LogP contribution in [0.15, 0.2) is 24.3 Å². The van der Waals surface area contributed by atoms with E-state index in [9.17, 15) is 0 Å². The Hall–Kier alpha value is -1.81. The average Bonchev–Trinajstić information content (AvgIpc) is 2.91. The van der Waals surface area contributed by atoms with Gasteiger partial charge in [0, 0.05) is 13.1 Å². The first-order valence-electron chi connectivity index (χ1n) is 6.65. The molecule has 0 bridgehead atoms. The second kappa shape index (κ2) is 4.70. The molecule has 1 aliphatic rings. The number of aryl methyl sites for hydroxylation is 2. The van der Waals surface area contributed by atoms with Crippen molar-refractivity contribution in [1.82, 2.24) is 9.78 Å². The van der Waals surface area contributed by atoms with Crippen LogP contribution in [0.25, 0.3) is 0 Å². The molecule has 0 fully saturated rings. The number of aromatic nitrogens is 2. The van der Waals surface area contributed by atoms with Gasteiger partial charge in [0.05, 0.1) is 11.4 Å². The number of ether oxygens (including phenoxy) is 1. The Morgan fingerprint density at radius 3 is 3.05 bits per heavy atom. The zero-order valence-corrected chi connectivity index (χ0v) is 11.4. The second-order valence-electron chi connectivity index (χ2n) is 5.16. The molecule has 0 saturated heterocycles. The molecule has 0 aliphatic heterocycles. The lowest BCUT2D eigenvalue weighted by Crippen LogP contribution is -2.06. The van der Waals surface area contributed by atoms with Gasteiger partial charge in [-0.05, 0) is 43.0 Å². The van der Waals surface area contributed by atoms with Crippen molar-refractivity contribution in [2.75, 3.05) is 0 Å². The van der Waals surface area contributed by atoms with Crippen LogP contribution < -0.4 is 10.5 Å². The molecule has 1 unspecified atom stereocenters. The molecule has 1 atom stereocenters. The number of benzene rings is 1.